The second-order valence-corrected chi connectivity index (χ2v) is 3.82. The van der Waals surface area contributed by atoms with Crippen LogP contribution in [-0.2, 0) is 22.8 Å². The smallest absolute Gasteiger partial charge is 0.263 e. The molecule has 0 aromatic carbocycles. The largest absolute Gasteiger partial charge is 0.328 e. The SMILES string of the molecule is Cc1cccc(CONC(=O)Cn2ccnc2)n1. The van der Waals surface area contributed by atoms with Crippen molar-refractivity contribution in [2.24, 2.45) is 0 Å². The van der Waals surface area contributed by atoms with Crippen LogP contribution in [0.4, 0.5) is 0 Å². The number of hydroxylamine groups is 1. The molecule has 1 N–H and O–H groups in total. The number of imidazole rings is 1. The zero-order chi connectivity index (χ0) is 12.8. The molecule has 0 saturated heterocycles. The summed E-state index contributed by atoms with van der Waals surface area (Å²) in [6.45, 7) is 2.33. The molecule has 0 aliphatic rings. The van der Waals surface area contributed by atoms with Gasteiger partial charge in [-0.3, -0.25) is 14.6 Å². The topological polar surface area (TPSA) is 69.0 Å². The summed E-state index contributed by atoms with van der Waals surface area (Å²) >= 11 is 0. The van der Waals surface area contributed by atoms with Crippen LogP contribution in [0.5, 0.6) is 0 Å². The molecule has 0 aliphatic carbocycles. The summed E-state index contributed by atoms with van der Waals surface area (Å²) in [6, 6.07) is 5.64. The van der Waals surface area contributed by atoms with Crippen molar-refractivity contribution >= 4 is 5.91 Å². The lowest BCUT2D eigenvalue weighted by Gasteiger charge is -2.06. The summed E-state index contributed by atoms with van der Waals surface area (Å²) in [4.78, 5) is 24.7. The summed E-state index contributed by atoms with van der Waals surface area (Å²) in [6.07, 6.45) is 4.90. The van der Waals surface area contributed by atoms with E-state index in [2.05, 4.69) is 15.4 Å². The third-order valence-corrected chi connectivity index (χ3v) is 2.24. The monoisotopic (exact) mass is 246 g/mol. The predicted molar refractivity (Wildman–Crippen MR) is 64.1 cm³/mol. The van der Waals surface area contributed by atoms with Crippen LogP contribution in [0.2, 0.25) is 0 Å². The van der Waals surface area contributed by atoms with E-state index in [1.807, 2.05) is 25.1 Å². The zero-order valence-electron chi connectivity index (χ0n) is 10.0. The van der Waals surface area contributed by atoms with Crippen molar-refractivity contribution < 1.29 is 9.63 Å². The molecule has 0 aliphatic heterocycles. The Kier molecular flexibility index (Phi) is 4.03. The Morgan fingerprint density at radius 3 is 3.11 bits per heavy atom. The number of carbonyl (C=O) groups is 1. The molecule has 0 atom stereocenters. The predicted octanol–water partition coefficient (Wildman–Crippen LogP) is 0.835. The highest BCUT2D eigenvalue weighted by Crippen LogP contribution is 1.98. The van der Waals surface area contributed by atoms with E-state index < -0.39 is 0 Å². The fraction of sp³-hybridized carbons (Fsp3) is 0.250. The molecule has 0 saturated carbocycles. The quantitative estimate of drug-likeness (QED) is 0.793. The van der Waals surface area contributed by atoms with Crippen molar-refractivity contribution in [2.75, 3.05) is 0 Å². The van der Waals surface area contributed by atoms with E-state index in [4.69, 9.17) is 4.84 Å². The Hall–Kier alpha value is -2.21. The lowest BCUT2D eigenvalue weighted by Crippen LogP contribution is -2.27. The maximum absolute atomic E-state index is 11.5. The van der Waals surface area contributed by atoms with E-state index in [0.717, 1.165) is 11.4 Å². The molecule has 94 valence electrons. The van der Waals surface area contributed by atoms with Crippen molar-refractivity contribution in [1.29, 1.82) is 0 Å². The van der Waals surface area contributed by atoms with Gasteiger partial charge >= 0.3 is 0 Å². The number of carbonyl (C=O) groups excluding carboxylic acids is 1. The highest BCUT2D eigenvalue weighted by Gasteiger charge is 2.02. The number of pyridine rings is 1. The molecule has 0 radical (unpaired) electrons. The number of rotatable bonds is 5. The number of hydrogen-bond acceptors (Lipinski definition) is 4. The molecule has 6 heteroatoms. The summed E-state index contributed by atoms with van der Waals surface area (Å²) in [5.74, 6) is -0.236. The summed E-state index contributed by atoms with van der Waals surface area (Å²) in [5.41, 5.74) is 4.05. The van der Waals surface area contributed by atoms with Gasteiger partial charge in [0, 0.05) is 18.1 Å². The molecule has 2 rings (SSSR count). The zero-order valence-corrected chi connectivity index (χ0v) is 10.0. The fourth-order valence-electron chi connectivity index (χ4n) is 1.45. The van der Waals surface area contributed by atoms with Gasteiger partial charge in [-0.25, -0.2) is 10.5 Å². The molecule has 6 nitrogen and oxygen atoms in total. The first-order chi connectivity index (χ1) is 8.74. The molecule has 0 fully saturated rings. The Morgan fingerprint density at radius 2 is 2.39 bits per heavy atom. The molecule has 0 spiro atoms. The lowest BCUT2D eigenvalue weighted by molar-refractivity contribution is -0.135. The minimum Gasteiger partial charge on any atom is -0.328 e. The minimum absolute atomic E-state index is 0.182. The third kappa shape index (κ3) is 3.67. The summed E-state index contributed by atoms with van der Waals surface area (Å²) in [7, 11) is 0. The van der Waals surface area contributed by atoms with Crippen molar-refractivity contribution in [3.8, 4) is 0 Å². The van der Waals surface area contributed by atoms with E-state index in [0.29, 0.717) is 0 Å². The first-order valence-corrected chi connectivity index (χ1v) is 5.53. The Bertz CT molecular complexity index is 511. The van der Waals surface area contributed by atoms with E-state index >= 15 is 0 Å². The standard InChI is InChI=1S/C12H14N4O2/c1-10-3-2-4-11(14-10)8-18-15-12(17)7-16-6-5-13-9-16/h2-6,9H,7-8H2,1H3,(H,15,17). The van der Waals surface area contributed by atoms with Gasteiger partial charge in [0.1, 0.15) is 13.2 Å². The number of aryl methyl sites for hydroxylation is 1. The molecule has 2 aromatic heterocycles. The second-order valence-electron chi connectivity index (χ2n) is 3.82. The Labute approximate surface area is 105 Å². The van der Waals surface area contributed by atoms with Crippen molar-refractivity contribution in [3.63, 3.8) is 0 Å². The van der Waals surface area contributed by atoms with Gasteiger partial charge in [0.05, 0.1) is 12.0 Å². The Balaban J connectivity index is 1.73. The van der Waals surface area contributed by atoms with Crippen molar-refractivity contribution in [1.82, 2.24) is 20.0 Å². The summed E-state index contributed by atoms with van der Waals surface area (Å²) < 4.78 is 1.66. The van der Waals surface area contributed by atoms with Crippen LogP contribution >= 0.6 is 0 Å². The number of nitrogens with zero attached hydrogens (tertiary/aromatic N) is 3. The van der Waals surface area contributed by atoms with Gasteiger partial charge in [0.25, 0.3) is 5.91 Å². The van der Waals surface area contributed by atoms with Crippen molar-refractivity contribution in [3.05, 3.63) is 48.3 Å². The maximum atomic E-state index is 11.5. The molecular weight excluding hydrogens is 232 g/mol. The normalized spacial score (nSPS) is 10.3. The van der Waals surface area contributed by atoms with Crippen LogP contribution in [0, 0.1) is 6.92 Å². The lowest BCUT2D eigenvalue weighted by atomic mass is 10.3. The molecule has 1 amide bonds. The van der Waals surface area contributed by atoms with E-state index in [9.17, 15) is 4.79 Å². The molecular formula is C12H14N4O2. The maximum Gasteiger partial charge on any atom is 0.263 e. The van der Waals surface area contributed by atoms with E-state index in [1.165, 1.54) is 0 Å². The number of aromatic nitrogens is 3. The second kappa shape index (κ2) is 5.92. The van der Waals surface area contributed by atoms with Gasteiger partial charge < -0.3 is 4.57 Å². The van der Waals surface area contributed by atoms with Gasteiger partial charge in [-0.15, -0.1) is 0 Å². The third-order valence-electron chi connectivity index (χ3n) is 2.24. The van der Waals surface area contributed by atoms with Gasteiger partial charge in [-0.1, -0.05) is 6.07 Å². The van der Waals surface area contributed by atoms with E-state index in [1.54, 1.807) is 23.3 Å². The molecule has 0 unspecified atom stereocenters. The van der Waals surface area contributed by atoms with Gasteiger partial charge in [0.2, 0.25) is 0 Å². The highest BCUT2D eigenvalue weighted by atomic mass is 16.6. The highest BCUT2D eigenvalue weighted by molar-refractivity contribution is 5.74. The van der Waals surface area contributed by atoms with Gasteiger partial charge in [-0.05, 0) is 19.1 Å². The van der Waals surface area contributed by atoms with Crippen LogP contribution < -0.4 is 5.48 Å². The van der Waals surface area contributed by atoms with Gasteiger partial charge in [0.15, 0.2) is 0 Å². The van der Waals surface area contributed by atoms with Crippen LogP contribution in [0.1, 0.15) is 11.4 Å². The Morgan fingerprint density at radius 1 is 1.50 bits per heavy atom. The van der Waals surface area contributed by atoms with Crippen LogP contribution in [0.25, 0.3) is 0 Å². The van der Waals surface area contributed by atoms with E-state index in [-0.39, 0.29) is 19.1 Å². The van der Waals surface area contributed by atoms with Crippen LogP contribution in [-0.4, -0.2) is 20.4 Å². The first kappa shape index (κ1) is 12.3. The number of nitrogens with one attached hydrogen (secondary N) is 1. The fourth-order valence-corrected chi connectivity index (χ4v) is 1.45. The molecule has 2 aromatic rings. The van der Waals surface area contributed by atoms with Gasteiger partial charge in [-0.2, -0.15) is 0 Å². The number of amides is 1. The molecule has 0 bridgehead atoms. The molecule has 2 heterocycles. The van der Waals surface area contributed by atoms with Crippen LogP contribution in [0.15, 0.2) is 36.9 Å². The first-order valence-electron chi connectivity index (χ1n) is 5.53. The van der Waals surface area contributed by atoms with Crippen LogP contribution in [0.3, 0.4) is 0 Å². The summed E-state index contributed by atoms with van der Waals surface area (Å²) in [5, 5.41) is 0. The average Bonchev–Trinajstić information content (AvgIpc) is 2.82. The number of hydrogen-bond donors (Lipinski definition) is 1. The minimum atomic E-state index is -0.236. The molecule has 18 heavy (non-hydrogen) atoms. The average molecular weight is 246 g/mol. The van der Waals surface area contributed by atoms with Crippen molar-refractivity contribution in [2.45, 2.75) is 20.1 Å².